The minimum Gasteiger partial charge on any atom is -0.444 e. The summed E-state index contributed by atoms with van der Waals surface area (Å²) in [5.74, 6) is 0.774. The van der Waals surface area contributed by atoms with E-state index >= 15 is 0 Å². The number of nitrogens with one attached hydrogen (secondary N) is 3. The summed E-state index contributed by atoms with van der Waals surface area (Å²) in [5.41, 5.74) is 0.734. The first-order valence-corrected chi connectivity index (χ1v) is 8.88. The van der Waals surface area contributed by atoms with Crippen LogP contribution in [0.3, 0.4) is 0 Å². The zero-order valence-electron chi connectivity index (χ0n) is 16.1. The van der Waals surface area contributed by atoms with Gasteiger partial charge in [-0.2, -0.15) is 0 Å². The molecule has 1 aromatic rings. The second-order valence-electron chi connectivity index (χ2n) is 6.82. The molecule has 0 aliphatic rings. The molecule has 0 fully saturated rings. The molecule has 6 nitrogen and oxygen atoms in total. The van der Waals surface area contributed by atoms with Crippen LogP contribution in [0.2, 0.25) is 0 Å². The molecule has 0 spiro atoms. The van der Waals surface area contributed by atoms with Crippen molar-refractivity contribution in [3.05, 3.63) is 35.9 Å². The molecule has 140 valence electrons. The number of hydrogen-bond acceptors (Lipinski definition) is 3. The summed E-state index contributed by atoms with van der Waals surface area (Å²) >= 11 is 0. The largest absolute Gasteiger partial charge is 0.444 e. The van der Waals surface area contributed by atoms with Crippen LogP contribution in [0, 0.1) is 0 Å². The van der Waals surface area contributed by atoms with Crippen LogP contribution in [0.4, 0.5) is 4.79 Å². The third kappa shape index (κ3) is 9.59. The predicted octanol–water partition coefficient (Wildman–Crippen LogP) is 3.22. The molecule has 1 atom stereocenters. The monoisotopic (exact) mass is 348 g/mol. The van der Waals surface area contributed by atoms with Gasteiger partial charge in [-0.25, -0.2) is 4.79 Å². The molecule has 1 rings (SSSR count). The molecule has 1 aromatic carbocycles. The van der Waals surface area contributed by atoms with Crippen molar-refractivity contribution in [1.29, 1.82) is 0 Å². The van der Waals surface area contributed by atoms with Crippen molar-refractivity contribution >= 4 is 12.1 Å². The molecule has 0 radical (unpaired) electrons. The SMILES string of the molecule is CCNC(=NCCCNC(=O)OC(C)(C)C)NC(C)c1ccccc1. The van der Waals surface area contributed by atoms with Gasteiger partial charge in [0, 0.05) is 19.6 Å². The lowest BCUT2D eigenvalue weighted by Crippen LogP contribution is -2.39. The van der Waals surface area contributed by atoms with Gasteiger partial charge in [-0.3, -0.25) is 4.99 Å². The Kier molecular flexibility index (Phi) is 8.81. The van der Waals surface area contributed by atoms with Gasteiger partial charge in [0.05, 0.1) is 6.04 Å². The molecule has 1 unspecified atom stereocenters. The van der Waals surface area contributed by atoms with Crippen LogP contribution in [0.5, 0.6) is 0 Å². The summed E-state index contributed by atoms with van der Waals surface area (Å²) < 4.78 is 5.20. The van der Waals surface area contributed by atoms with Gasteiger partial charge >= 0.3 is 6.09 Å². The molecule has 0 bridgehead atoms. The molecule has 0 heterocycles. The number of rotatable bonds is 7. The molecule has 3 N–H and O–H groups in total. The molecule has 0 aliphatic carbocycles. The Morgan fingerprint density at radius 1 is 1.20 bits per heavy atom. The van der Waals surface area contributed by atoms with E-state index in [9.17, 15) is 4.79 Å². The van der Waals surface area contributed by atoms with Gasteiger partial charge in [0.1, 0.15) is 5.60 Å². The van der Waals surface area contributed by atoms with Crippen LogP contribution in [-0.4, -0.2) is 37.3 Å². The molecule has 0 aromatic heterocycles. The second kappa shape index (κ2) is 10.6. The van der Waals surface area contributed by atoms with Gasteiger partial charge in [0.25, 0.3) is 0 Å². The Bertz CT molecular complexity index is 538. The molecular formula is C19H32N4O2. The first kappa shape index (κ1) is 20.8. The molecule has 0 saturated carbocycles. The lowest BCUT2D eigenvalue weighted by molar-refractivity contribution is 0.0527. The highest BCUT2D eigenvalue weighted by atomic mass is 16.6. The van der Waals surface area contributed by atoms with Crippen LogP contribution in [0.1, 0.15) is 52.6 Å². The number of carbonyl (C=O) groups excluding carboxylic acids is 1. The van der Waals surface area contributed by atoms with Crippen LogP contribution < -0.4 is 16.0 Å². The summed E-state index contributed by atoms with van der Waals surface area (Å²) in [5, 5.41) is 9.37. The molecule has 0 saturated heterocycles. The van der Waals surface area contributed by atoms with Crippen molar-refractivity contribution in [2.45, 2.75) is 52.7 Å². The van der Waals surface area contributed by atoms with E-state index in [0.717, 1.165) is 18.9 Å². The van der Waals surface area contributed by atoms with E-state index in [-0.39, 0.29) is 12.1 Å². The summed E-state index contributed by atoms with van der Waals surface area (Å²) in [6.45, 7) is 11.6. The molecule has 0 aliphatic heterocycles. The highest BCUT2D eigenvalue weighted by Gasteiger charge is 2.15. The minimum atomic E-state index is -0.474. The van der Waals surface area contributed by atoms with Crippen molar-refractivity contribution in [1.82, 2.24) is 16.0 Å². The topological polar surface area (TPSA) is 74.8 Å². The fourth-order valence-corrected chi connectivity index (χ4v) is 2.12. The van der Waals surface area contributed by atoms with E-state index in [1.54, 1.807) is 0 Å². The standard InChI is InChI=1S/C19H32N4O2/c1-6-20-17(23-15(2)16-11-8-7-9-12-16)21-13-10-14-22-18(24)25-19(3,4)5/h7-9,11-12,15H,6,10,13-14H2,1-5H3,(H,22,24)(H2,20,21,23). The number of nitrogens with zero attached hydrogens (tertiary/aromatic N) is 1. The van der Waals surface area contributed by atoms with Crippen molar-refractivity contribution in [2.75, 3.05) is 19.6 Å². The summed E-state index contributed by atoms with van der Waals surface area (Å²) in [4.78, 5) is 16.1. The van der Waals surface area contributed by atoms with Gasteiger partial charge in [0.2, 0.25) is 0 Å². The molecule has 6 heteroatoms. The quantitative estimate of drug-likeness (QED) is 0.402. The van der Waals surface area contributed by atoms with Crippen molar-refractivity contribution in [3.8, 4) is 0 Å². The van der Waals surface area contributed by atoms with Gasteiger partial charge in [-0.05, 0) is 46.6 Å². The number of guanidine groups is 1. The smallest absolute Gasteiger partial charge is 0.407 e. The van der Waals surface area contributed by atoms with Gasteiger partial charge in [0.15, 0.2) is 5.96 Å². The zero-order chi connectivity index (χ0) is 18.7. The highest BCUT2D eigenvalue weighted by Crippen LogP contribution is 2.10. The van der Waals surface area contributed by atoms with Gasteiger partial charge in [-0.1, -0.05) is 30.3 Å². The van der Waals surface area contributed by atoms with E-state index in [0.29, 0.717) is 13.1 Å². The van der Waals surface area contributed by atoms with Crippen LogP contribution >= 0.6 is 0 Å². The molecule has 1 amide bonds. The van der Waals surface area contributed by atoms with Gasteiger partial charge in [-0.15, -0.1) is 0 Å². The maximum atomic E-state index is 11.6. The second-order valence-corrected chi connectivity index (χ2v) is 6.82. The van der Waals surface area contributed by atoms with Crippen LogP contribution in [0.25, 0.3) is 0 Å². The van der Waals surface area contributed by atoms with Crippen molar-refractivity contribution < 1.29 is 9.53 Å². The number of hydrogen-bond donors (Lipinski definition) is 3. The third-order valence-corrected chi connectivity index (χ3v) is 3.27. The summed E-state index contributed by atoms with van der Waals surface area (Å²) in [7, 11) is 0. The van der Waals surface area contributed by atoms with E-state index in [2.05, 4.69) is 40.0 Å². The molecular weight excluding hydrogens is 316 g/mol. The predicted molar refractivity (Wildman–Crippen MR) is 103 cm³/mol. The fraction of sp³-hybridized carbons (Fsp3) is 0.579. The van der Waals surface area contributed by atoms with Gasteiger partial charge < -0.3 is 20.7 Å². The number of alkyl carbamates (subject to hydrolysis) is 1. The first-order chi connectivity index (χ1) is 11.8. The number of benzene rings is 1. The van der Waals surface area contributed by atoms with Crippen molar-refractivity contribution in [2.24, 2.45) is 4.99 Å². The lowest BCUT2D eigenvalue weighted by Gasteiger charge is -2.19. The molecule has 25 heavy (non-hydrogen) atoms. The number of aliphatic imine (C=N–C) groups is 1. The minimum absolute atomic E-state index is 0.166. The Balaban J connectivity index is 2.39. The number of amides is 1. The Hall–Kier alpha value is -2.24. The highest BCUT2D eigenvalue weighted by molar-refractivity contribution is 5.80. The first-order valence-electron chi connectivity index (χ1n) is 8.88. The number of carbonyl (C=O) groups is 1. The normalized spacial score (nSPS) is 13.1. The van der Waals surface area contributed by atoms with E-state index in [4.69, 9.17) is 4.74 Å². The average Bonchev–Trinajstić information content (AvgIpc) is 2.53. The summed E-state index contributed by atoms with van der Waals surface area (Å²) in [6.07, 6.45) is 0.356. The maximum Gasteiger partial charge on any atom is 0.407 e. The van der Waals surface area contributed by atoms with Crippen LogP contribution in [-0.2, 0) is 4.74 Å². The number of ether oxygens (including phenoxy) is 1. The third-order valence-electron chi connectivity index (χ3n) is 3.27. The van der Waals surface area contributed by atoms with E-state index in [1.807, 2.05) is 45.9 Å². The summed E-state index contributed by atoms with van der Waals surface area (Å²) in [6, 6.07) is 10.4. The van der Waals surface area contributed by atoms with E-state index < -0.39 is 5.60 Å². The zero-order valence-corrected chi connectivity index (χ0v) is 16.1. The van der Waals surface area contributed by atoms with Crippen molar-refractivity contribution in [3.63, 3.8) is 0 Å². The van der Waals surface area contributed by atoms with Crippen LogP contribution in [0.15, 0.2) is 35.3 Å². The maximum absolute atomic E-state index is 11.6. The fourth-order valence-electron chi connectivity index (χ4n) is 2.12. The lowest BCUT2D eigenvalue weighted by atomic mass is 10.1. The van der Waals surface area contributed by atoms with E-state index in [1.165, 1.54) is 5.56 Å². The Morgan fingerprint density at radius 3 is 2.48 bits per heavy atom. The Labute approximate surface area is 151 Å². The Morgan fingerprint density at radius 2 is 1.88 bits per heavy atom. The average molecular weight is 348 g/mol.